The molecule has 148 valence electrons. The Bertz CT molecular complexity index is 1120. The third-order valence-electron chi connectivity index (χ3n) is 3.84. The van der Waals surface area contributed by atoms with Crippen molar-refractivity contribution in [3.8, 4) is 17.1 Å². The summed E-state index contributed by atoms with van der Waals surface area (Å²) in [6.07, 6.45) is 0. The number of hydrogen-bond acceptors (Lipinski definition) is 8. The van der Waals surface area contributed by atoms with Gasteiger partial charge in [0.2, 0.25) is 11.7 Å². The molecule has 0 radical (unpaired) electrons. The van der Waals surface area contributed by atoms with Crippen LogP contribution in [0.25, 0.3) is 11.4 Å². The van der Waals surface area contributed by atoms with Gasteiger partial charge in [0.05, 0.1) is 5.75 Å². The number of ether oxygens (including phenoxy) is 1. The first-order chi connectivity index (χ1) is 14.1. The zero-order valence-corrected chi connectivity index (χ0v) is 16.7. The minimum atomic E-state index is -0.317. The summed E-state index contributed by atoms with van der Waals surface area (Å²) in [5.41, 5.74) is 1.10. The van der Waals surface area contributed by atoms with Crippen LogP contribution in [0.2, 0.25) is 5.02 Å². The molecule has 0 amide bonds. The minimum Gasteiger partial charge on any atom is -0.484 e. The number of hydrogen-bond donors (Lipinski definition) is 0. The monoisotopic (exact) mass is 432 g/mol. The Balaban J connectivity index is 1.32. The van der Waals surface area contributed by atoms with Gasteiger partial charge < -0.3 is 13.7 Å². The number of aromatic nitrogens is 4. The molecule has 0 N–H and O–H groups in total. The topological polar surface area (TPSA) is 87.1 Å². The third-order valence-corrected chi connectivity index (χ3v) is 4.90. The molecule has 2 aromatic heterocycles. The second-order valence-corrected chi connectivity index (χ2v) is 7.33. The summed E-state index contributed by atoms with van der Waals surface area (Å²) in [4.78, 5) is 4.27. The van der Waals surface area contributed by atoms with Crippen LogP contribution in [0, 0.1) is 12.7 Å². The molecule has 0 aliphatic rings. The van der Waals surface area contributed by atoms with E-state index in [-0.39, 0.29) is 12.4 Å². The molecule has 0 aliphatic carbocycles. The molecule has 29 heavy (non-hydrogen) atoms. The van der Waals surface area contributed by atoms with E-state index >= 15 is 0 Å². The summed E-state index contributed by atoms with van der Waals surface area (Å²) < 4.78 is 30.0. The average molecular weight is 433 g/mol. The van der Waals surface area contributed by atoms with Crippen LogP contribution in [-0.4, -0.2) is 20.3 Å². The Hall–Kier alpha value is -2.91. The number of aryl methyl sites for hydroxylation is 1. The summed E-state index contributed by atoms with van der Waals surface area (Å²) in [7, 11) is 0. The van der Waals surface area contributed by atoms with E-state index in [4.69, 9.17) is 25.3 Å². The first-order valence-electron chi connectivity index (χ1n) is 8.49. The molecule has 4 rings (SSSR count). The maximum absolute atomic E-state index is 13.7. The van der Waals surface area contributed by atoms with E-state index in [0.29, 0.717) is 50.5 Å². The Morgan fingerprint density at radius 3 is 2.72 bits per heavy atom. The first kappa shape index (κ1) is 19.4. The van der Waals surface area contributed by atoms with Gasteiger partial charge in [-0.05, 0) is 42.8 Å². The lowest BCUT2D eigenvalue weighted by atomic mass is 10.1. The van der Waals surface area contributed by atoms with Crippen LogP contribution in [0.15, 0.2) is 56.6 Å². The van der Waals surface area contributed by atoms with Gasteiger partial charge in [-0.3, -0.25) is 0 Å². The molecule has 0 saturated carbocycles. The van der Waals surface area contributed by atoms with Crippen molar-refractivity contribution in [3.05, 3.63) is 70.6 Å². The normalized spacial score (nSPS) is 11.0. The molecule has 0 atom stereocenters. The number of rotatable bonds is 7. The van der Waals surface area contributed by atoms with Gasteiger partial charge in [0, 0.05) is 10.6 Å². The van der Waals surface area contributed by atoms with Gasteiger partial charge in [-0.2, -0.15) is 4.98 Å². The van der Waals surface area contributed by atoms with Gasteiger partial charge in [-0.25, -0.2) is 4.39 Å². The van der Waals surface area contributed by atoms with E-state index in [0.717, 1.165) is 0 Å². The van der Waals surface area contributed by atoms with Gasteiger partial charge in [0.15, 0.2) is 6.61 Å². The fraction of sp³-hybridized carbons (Fsp3) is 0.158. The summed E-state index contributed by atoms with van der Waals surface area (Å²) >= 11 is 7.08. The first-order valence-corrected chi connectivity index (χ1v) is 9.86. The average Bonchev–Trinajstić information content (AvgIpc) is 3.37. The molecule has 0 aliphatic heterocycles. The van der Waals surface area contributed by atoms with Gasteiger partial charge >= 0.3 is 0 Å². The standard InChI is InChI=1S/C19H14ClFN4O3S/c1-11-2-3-12(8-15(11)21)18-22-17(28-25-18)10-29-19-24-23-16(27-19)9-26-14-6-4-13(20)5-7-14/h2-8H,9-10H2,1H3. The SMILES string of the molecule is Cc1ccc(-c2noc(CSc3nnc(COc4ccc(Cl)cc4)o3)n2)cc1F. The van der Waals surface area contributed by atoms with E-state index in [1.54, 1.807) is 43.3 Å². The molecule has 0 unspecified atom stereocenters. The quantitative estimate of drug-likeness (QED) is 0.373. The number of benzene rings is 2. The van der Waals surface area contributed by atoms with E-state index in [1.165, 1.54) is 17.8 Å². The van der Waals surface area contributed by atoms with Crippen molar-refractivity contribution in [1.29, 1.82) is 0 Å². The second-order valence-electron chi connectivity index (χ2n) is 5.97. The van der Waals surface area contributed by atoms with Crippen molar-refractivity contribution in [3.63, 3.8) is 0 Å². The number of thioether (sulfide) groups is 1. The highest BCUT2D eigenvalue weighted by molar-refractivity contribution is 7.98. The number of halogens is 2. The van der Waals surface area contributed by atoms with Crippen LogP contribution in [0.3, 0.4) is 0 Å². The molecule has 0 saturated heterocycles. The van der Waals surface area contributed by atoms with Gasteiger partial charge in [-0.1, -0.05) is 40.7 Å². The molecule has 10 heteroatoms. The zero-order valence-electron chi connectivity index (χ0n) is 15.1. The van der Waals surface area contributed by atoms with Crippen LogP contribution in [0.1, 0.15) is 17.3 Å². The van der Waals surface area contributed by atoms with E-state index in [2.05, 4.69) is 20.3 Å². The summed E-state index contributed by atoms with van der Waals surface area (Å²) in [6.45, 7) is 1.83. The molecule has 2 heterocycles. The lowest BCUT2D eigenvalue weighted by molar-refractivity contribution is 0.252. The molecule has 0 bridgehead atoms. The molecular weight excluding hydrogens is 419 g/mol. The Morgan fingerprint density at radius 2 is 1.93 bits per heavy atom. The second kappa shape index (κ2) is 8.62. The Morgan fingerprint density at radius 1 is 1.10 bits per heavy atom. The smallest absolute Gasteiger partial charge is 0.277 e. The largest absolute Gasteiger partial charge is 0.484 e. The lowest BCUT2D eigenvalue weighted by Gasteiger charge is -2.02. The highest BCUT2D eigenvalue weighted by atomic mass is 35.5. The fourth-order valence-corrected chi connectivity index (χ4v) is 3.06. The summed E-state index contributed by atoms with van der Waals surface area (Å²) in [6, 6.07) is 11.8. The van der Waals surface area contributed by atoms with Crippen molar-refractivity contribution >= 4 is 23.4 Å². The van der Waals surface area contributed by atoms with Crippen LogP contribution in [-0.2, 0) is 12.4 Å². The van der Waals surface area contributed by atoms with Gasteiger partial charge in [0.25, 0.3) is 11.1 Å². The van der Waals surface area contributed by atoms with Crippen molar-refractivity contribution < 1.29 is 18.1 Å². The molecule has 0 spiro atoms. The van der Waals surface area contributed by atoms with Crippen molar-refractivity contribution in [2.45, 2.75) is 24.5 Å². The Kier molecular flexibility index (Phi) is 5.77. The minimum absolute atomic E-state index is 0.138. The predicted molar refractivity (Wildman–Crippen MR) is 104 cm³/mol. The summed E-state index contributed by atoms with van der Waals surface area (Å²) in [5.74, 6) is 1.69. The number of nitrogens with zero attached hydrogens (tertiary/aromatic N) is 4. The predicted octanol–water partition coefficient (Wildman–Crippen LogP) is 5.09. The van der Waals surface area contributed by atoms with Crippen molar-refractivity contribution in [2.24, 2.45) is 0 Å². The maximum atomic E-state index is 13.7. The van der Waals surface area contributed by atoms with Crippen LogP contribution >= 0.6 is 23.4 Å². The van der Waals surface area contributed by atoms with Crippen LogP contribution < -0.4 is 4.74 Å². The molecule has 0 fully saturated rings. The van der Waals surface area contributed by atoms with Crippen molar-refractivity contribution in [1.82, 2.24) is 20.3 Å². The molecule has 4 aromatic rings. The zero-order chi connectivity index (χ0) is 20.2. The van der Waals surface area contributed by atoms with E-state index < -0.39 is 0 Å². The lowest BCUT2D eigenvalue weighted by Crippen LogP contribution is -1.95. The highest BCUT2D eigenvalue weighted by Crippen LogP contribution is 2.24. The summed E-state index contributed by atoms with van der Waals surface area (Å²) in [5, 5.41) is 12.7. The van der Waals surface area contributed by atoms with Gasteiger partial charge in [0.1, 0.15) is 11.6 Å². The maximum Gasteiger partial charge on any atom is 0.277 e. The molecular formula is C19H14ClFN4O3S. The molecule has 7 nitrogen and oxygen atoms in total. The third kappa shape index (κ3) is 4.93. The van der Waals surface area contributed by atoms with Crippen LogP contribution in [0.5, 0.6) is 5.75 Å². The van der Waals surface area contributed by atoms with E-state index in [9.17, 15) is 4.39 Å². The van der Waals surface area contributed by atoms with E-state index in [1.807, 2.05) is 0 Å². The van der Waals surface area contributed by atoms with Gasteiger partial charge in [-0.15, -0.1) is 10.2 Å². The van der Waals surface area contributed by atoms with Crippen molar-refractivity contribution in [2.75, 3.05) is 0 Å². The molecule has 2 aromatic carbocycles. The van der Waals surface area contributed by atoms with Crippen LogP contribution in [0.4, 0.5) is 4.39 Å². The highest BCUT2D eigenvalue weighted by Gasteiger charge is 2.13. The Labute approximate surface area is 174 Å². The fourth-order valence-electron chi connectivity index (χ4n) is 2.32.